The van der Waals surface area contributed by atoms with Crippen molar-refractivity contribution in [3.63, 3.8) is 0 Å². The van der Waals surface area contributed by atoms with Gasteiger partial charge in [0.25, 0.3) is 5.56 Å². The first-order valence-corrected chi connectivity index (χ1v) is 14.8. The van der Waals surface area contributed by atoms with Gasteiger partial charge in [-0.25, -0.2) is 4.79 Å². The largest absolute Gasteiger partial charge is 0.441 e. The fourth-order valence-corrected chi connectivity index (χ4v) is 5.99. The molecule has 1 aliphatic rings. The molecular formula is C31H36F3N5O4. The molecule has 1 unspecified atom stereocenters. The molecule has 5 rings (SSSR count). The van der Waals surface area contributed by atoms with Gasteiger partial charge < -0.3 is 4.74 Å². The fraction of sp³-hybridized carbons (Fsp3) is 0.484. The molecule has 43 heavy (non-hydrogen) atoms. The molecule has 0 spiro atoms. The third-order valence-electron chi connectivity index (χ3n) is 8.10. The number of benzene rings is 1. The van der Waals surface area contributed by atoms with Crippen molar-refractivity contribution in [1.82, 2.24) is 23.5 Å². The molecule has 0 aliphatic heterocycles. The molecule has 0 amide bonds. The normalized spacial score (nSPS) is 15.2. The lowest BCUT2D eigenvalue weighted by Gasteiger charge is -2.24. The second kappa shape index (κ2) is 12.3. The van der Waals surface area contributed by atoms with E-state index in [0.717, 1.165) is 44.2 Å². The lowest BCUT2D eigenvalue weighted by molar-refractivity contribution is -0.158. The number of alkyl halides is 3. The Morgan fingerprint density at radius 3 is 2.51 bits per heavy atom. The minimum Gasteiger partial charge on any atom is -0.441 e. The van der Waals surface area contributed by atoms with Crippen molar-refractivity contribution in [3.8, 4) is 11.3 Å². The van der Waals surface area contributed by atoms with E-state index in [-0.39, 0.29) is 30.5 Å². The van der Waals surface area contributed by atoms with Crippen LogP contribution in [-0.2, 0) is 35.3 Å². The number of fused-ring (bicyclic) bond motifs is 1. The number of carbonyl (C=O) groups is 1. The maximum Gasteiger partial charge on any atom is 0.416 e. The van der Waals surface area contributed by atoms with Gasteiger partial charge in [-0.1, -0.05) is 38.3 Å². The minimum atomic E-state index is -4.46. The maximum absolute atomic E-state index is 13.8. The van der Waals surface area contributed by atoms with Crippen molar-refractivity contribution in [2.24, 2.45) is 5.92 Å². The zero-order valence-corrected chi connectivity index (χ0v) is 24.6. The number of aryl methyl sites for hydroxylation is 1. The van der Waals surface area contributed by atoms with Crippen LogP contribution in [0.2, 0.25) is 0 Å². The van der Waals surface area contributed by atoms with Crippen LogP contribution in [0.25, 0.3) is 22.3 Å². The molecule has 0 N–H and O–H groups in total. The molecule has 3 heterocycles. The Kier molecular flexibility index (Phi) is 8.66. The SMILES string of the molecule is CCCn1c(=O)c2c(cc(-c3cnn(Cc4cccc(C(F)(F)F)c4)c3)n2C(C)OC(=O)C2CCCCC2)n(CC)c1=O. The van der Waals surface area contributed by atoms with Gasteiger partial charge in [-0.15, -0.1) is 0 Å². The summed E-state index contributed by atoms with van der Waals surface area (Å²) in [5.41, 5.74) is 0.481. The highest BCUT2D eigenvalue weighted by molar-refractivity contribution is 5.84. The van der Waals surface area contributed by atoms with Gasteiger partial charge >= 0.3 is 17.8 Å². The van der Waals surface area contributed by atoms with E-state index in [2.05, 4.69) is 5.10 Å². The summed E-state index contributed by atoms with van der Waals surface area (Å²) in [5, 5.41) is 4.38. The van der Waals surface area contributed by atoms with E-state index in [1.807, 2.05) is 13.8 Å². The first-order valence-electron chi connectivity index (χ1n) is 14.8. The summed E-state index contributed by atoms with van der Waals surface area (Å²) in [6.07, 6.45) is 2.97. The zero-order chi connectivity index (χ0) is 30.9. The summed E-state index contributed by atoms with van der Waals surface area (Å²) < 4.78 is 51.6. The summed E-state index contributed by atoms with van der Waals surface area (Å²) in [4.78, 5) is 40.2. The van der Waals surface area contributed by atoms with Gasteiger partial charge in [0.1, 0.15) is 5.52 Å². The second-order valence-electron chi connectivity index (χ2n) is 11.1. The molecule has 1 fully saturated rings. The van der Waals surface area contributed by atoms with Crippen LogP contribution < -0.4 is 11.2 Å². The van der Waals surface area contributed by atoms with Gasteiger partial charge in [-0.05, 0) is 56.9 Å². The molecule has 230 valence electrons. The van der Waals surface area contributed by atoms with E-state index in [1.165, 1.54) is 19.9 Å². The van der Waals surface area contributed by atoms with Crippen molar-refractivity contribution in [1.29, 1.82) is 0 Å². The average Bonchev–Trinajstić information content (AvgIpc) is 3.61. The van der Waals surface area contributed by atoms with Gasteiger partial charge in [0, 0.05) is 24.8 Å². The van der Waals surface area contributed by atoms with Crippen molar-refractivity contribution < 1.29 is 22.7 Å². The lowest BCUT2D eigenvalue weighted by Crippen LogP contribution is -2.40. The van der Waals surface area contributed by atoms with E-state index in [4.69, 9.17) is 4.74 Å². The summed E-state index contributed by atoms with van der Waals surface area (Å²) in [5.74, 6) is -0.528. The van der Waals surface area contributed by atoms with Crippen molar-refractivity contribution >= 4 is 17.0 Å². The van der Waals surface area contributed by atoms with Crippen LogP contribution in [-0.4, -0.2) is 29.5 Å². The van der Waals surface area contributed by atoms with Crippen LogP contribution in [0, 0.1) is 5.92 Å². The Morgan fingerprint density at radius 2 is 1.84 bits per heavy atom. The van der Waals surface area contributed by atoms with Gasteiger partial charge in [0.15, 0.2) is 6.23 Å². The van der Waals surface area contributed by atoms with Crippen LogP contribution in [0.4, 0.5) is 13.2 Å². The van der Waals surface area contributed by atoms with Gasteiger partial charge in [-0.2, -0.15) is 18.3 Å². The van der Waals surface area contributed by atoms with E-state index in [0.29, 0.717) is 35.3 Å². The Bertz CT molecular complexity index is 1740. The Labute approximate surface area is 246 Å². The molecule has 1 saturated carbocycles. The van der Waals surface area contributed by atoms with Crippen LogP contribution in [0.15, 0.2) is 52.3 Å². The molecule has 1 aliphatic carbocycles. The molecule has 9 nitrogen and oxygen atoms in total. The molecule has 0 radical (unpaired) electrons. The highest BCUT2D eigenvalue weighted by Gasteiger charge is 2.31. The number of rotatable bonds is 9. The first kappa shape index (κ1) is 30.4. The van der Waals surface area contributed by atoms with Gasteiger partial charge in [0.2, 0.25) is 0 Å². The van der Waals surface area contributed by atoms with E-state index in [9.17, 15) is 27.6 Å². The zero-order valence-electron chi connectivity index (χ0n) is 24.6. The molecule has 0 bridgehead atoms. The number of halogens is 3. The highest BCUT2D eigenvalue weighted by Crippen LogP contribution is 2.33. The van der Waals surface area contributed by atoms with Crippen molar-refractivity contribution in [2.45, 2.75) is 91.3 Å². The Balaban J connectivity index is 1.60. The summed E-state index contributed by atoms with van der Waals surface area (Å²) in [6.45, 7) is 6.02. The third kappa shape index (κ3) is 6.05. The van der Waals surface area contributed by atoms with E-state index >= 15 is 0 Å². The molecule has 12 heteroatoms. The van der Waals surface area contributed by atoms with Crippen LogP contribution in [0.3, 0.4) is 0 Å². The molecule has 1 atom stereocenters. The maximum atomic E-state index is 13.8. The smallest absolute Gasteiger partial charge is 0.416 e. The number of nitrogens with zero attached hydrogens (tertiary/aromatic N) is 5. The predicted octanol–water partition coefficient (Wildman–Crippen LogP) is 5.97. The standard InChI is InChI=1S/C31H36F3N5O4/c1-4-14-38-28(40)27-26(37(5-2)30(38)42)16-25(39(27)20(3)43-29(41)22-11-7-6-8-12-22)23-17-35-36(19-23)18-21-10-9-13-24(15-21)31(32,33)34/h9-10,13,15-17,19-20,22H,4-8,11-12,14,18H2,1-3H3. The number of carbonyl (C=O) groups excluding carboxylic acids is 1. The predicted molar refractivity (Wildman–Crippen MR) is 156 cm³/mol. The Morgan fingerprint density at radius 1 is 1.09 bits per heavy atom. The average molecular weight is 600 g/mol. The number of ether oxygens (including phenoxy) is 1. The third-order valence-corrected chi connectivity index (χ3v) is 8.10. The molecular weight excluding hydrogens is 563 g/mol. The molecule has 3 aromatic heterocycles. The highest BCUT2D eigenvalue weighted by atomic mass is 19.4. The number of esters is 1. The number of hydrogen-bond acceptors (Lipinski definition) is 5. The Hall–Kier alpha value is -4.09. The van der Waals surface area contributed by atoms with Crippen molar-refractivity contribution in [2.75, 3.05) is 0 Å². The summed E-state index contributed by atoms with van der Waals surface area (Å²) in [7, 11) is 0. The second-order valence-corrected chi connectivity index (χ2v) is 11.1. The quantitative estimate of drug-likeness (QED) is 0.221. The number of aromatic nitrogens is 5. The number of hydrogen-bond donors (Lipinski definition) is 0. The summed E-state index contributed by atoms with van der Waals surface area (Å²) in [6, 6.07) is 6.77. The summed E-state index contributed by atoms with van der Waals surface area (Å²) >= 11 is 0. The van der Waals surface area contributed by atoms with Crippen LogP contribution >= 0.6 is 0 Å². The van der Waals surface area contributed by atoms with E-state index < -0.39 is 29.2 Å². The van der Waals surface area contributed by atoms with Crippen molar-refractivity contribution in [3.05, 3.63) is 74.7 Å². The molecule has 0 saturated heterocycles. The van der Waals surface area contributed by atoms with E-state index in [1.54, 1.807) is 36.0 Å². The van der Waals surface area contributed by atoms with Gasteiger partial charge in [-0.3, -0.25) is 28.0 Å². The minimum absolute atomic E-state index is 0.0827. The van der Waals surface area contributed by atoms with Crippen LogP contribution in [0.1, 0.15) is 76.7 Å². The van der Waals surface area contributed by atoms with Gasteiger partial charge in [0.05, 0.1) is 35.4 Å². The topological polar surface area (TPSA) is 93.1 Å². The van der Waals surface area contributed by atoms with Crippen LogP contribution in [0.5, 0.6) is 0 Å². The molecule has 1 aromatic carbocycles. The fourth-order valence-electron chi connectivity index (χ4n) is 5.99. The molecule has 4 aromatic rings. The lowest BCUT2D eigenvalue weighted by atomic mass is 9.89. The monoisotopic (exact) mass is 599 g/mol. The first-order chi connectivity index (χ1) is 20.5.